The van der Waals surface area contributed by atoms with Crippen LogP contribution in [0, 0.1) is 0 Å². The third-order valence-electron chi connectivity index (χ3n) is 3.22. The number of ether oxygens (including phenoxy) is 1. The van der Waals surface area contributed by atoms with Gasteiger partial charge in [-0.15, -0.1) is 0 Å². The number of carbonyl (C=O) groups excluding carboxylic acids is 1. The summed E-state index contributed by atoms with van der Waals surface area (Å²) in [7, 11) is 0. The van der Waals surface area contributed by atoms with E-state index in [4.69, 9.17) is 10.5 Å². The lowest BCUT2D eigenvalue weighted by Gasteiger charge is -2.07. The molecule has 0 amide bonds. The van der Waals surface area contributed by atoms with Gasteiger partial charge in [-0.2, -0.15) is 4.98 Å². The molecule has 0 aliphatic rings. The van der Waals surface area contributed by atoms with E-state index < -0.39 is 0 Å². The first-order valence-corrected chi connectivity index (χ1v) is 7.20. The molecule has 1 aromatic heterocycles. The molecule has 0 bridgehead atoms. The SMILES string of the molecule is Nc1ccn(CCCCCOc2ccc(C=O)cc2)c(=O)n1. The minimum absolute atomic E-state index is 0.246. The van der Waals surface area contributed by atoms with Crippen molar-refractivity contribution in [1.82, 2.24) is 9.55 Å². The molecule has 0 unspecified atom stereocenters. The summed E-state index contributed by atoms with van der Waals surface area (Å²) in [6, 6.07) is 8.63. The Morgan fingerprint density at radius 1 is 1.14 bits per heavy atom. The highest BCUT2D eigenvalue weighted by atomic mass is 16.5. The fourth-order valence-electron chi connectivity index (χ4n) is 2.01. The molecule has 1 aromatic carbocycles. The van der Waals surface area contributed by atoms with Crippen molar-refractivity contribution in [3.63, 3.8) is 0 Å². The third-order valence-corrected chi connectivity index (χ3v) is 3.22. The van der Waals surface area contributed by atoms with E-state index >= 15 is 0 Å². The Labute approximate surface area is 128 Å². The Balaban J connectivity index is 1.64. The topological polar surface area (TPSA) is 87.2 Å². The molecule has 2 aromatic rings. The van der Waals surface area contributed by atoms with E-state index in [1.165, 1.54) is 0 Å². The number of aldehydes is 1. The molecule has 116 valence electrons. The van der Waals surface area contributed by atoms with Crippen molar-refractivity contribution >= 4 is 12.1 Å². The fourth-order valence-corrected chi connectivity index (χ4v) is 2.01. The van der Waals surface area contributed by atoms with Crippen molar-refractivity contribution in [2.45, 2.75) is 25.8 Å². The minimum atomic E-state index is -0.313. The van der Waals surface area contributed by atoms with Crippen LogP contribution < -0.4 is 16.2 Å². The number of hydrogen-bond donors (Lipinski definition) is 1. The molecule has 0 fully saturated rings. The van der Waals surface area contributed by atoms with Crippen molar-refractivity contribution in [1.29, 1.82) is 0 Å². The number of anilines is 1. The predicted molar refractivity (Wildman–Crippen MR) is 84.1 cm³/mol. The first-order valence-electron chi connectivity index (χ1n) is 7.20. The Kier molecular flexibility index (Phi) is 5.71. The lowest BCUT2D eigenvalue weighted by molar-refractivity contribution is 0.112. The number of carbonyl (C=O) groups is 1. The van der Waals surface area contributed by atoms with Crippen molar-refractivity contribution in [2.75, 3.05) is 12.3 Å². The molecular weight excluding hydrogens is 282 g/mol. The van der Waals surface area contributed by atoms with Gasteiger partial charge in [-0.25, -0.2) is 4.79 Å². The molecular formula is C16H19N3O3. The maximum atomic E-state index is 11.5. The van der Waals surface area contributed by atoms with Gasteiger partial charge < -0.3 is 10.5 Å². The largest absolute Gasteiger partial charge is 0.494 e. The maximum Gasteiger partial charge on any atom is 0.349 e. The predicted octanol–water partition coefficient (Wildman–Crippen LogP) is 1.89. The molecule has 0 atom stereocenters. The van der Waals surface area contributed by atoms with Crippen LogP contribution in [0.2, 0.25) is 0 Å². The number of nitrogens with two attached hydrogens (primary N) is 1. The lowest BCUT2D eigenvalue weighted by Crippen LogP contribution is -2.23. The van der Waals surface area contributed by atoms with Gasteiger partial charge in [0.25, 0.3) is 0 Å². The zero-order valence-electron chi connectivity index (χ0n) is 12.3. The van der Waals surface area contributed by atoms with Gasteiger partial charge >= 0.3 is 5.69 Å². The summed E-state index contributed by atoms with van der Waals surface area (Å²) < 4.78 is 7.13. The summed E-state index contributed by atoms with van der Waals surface area (Å²) in [5.41, 5.74) is 5.76. The van der Waals surface area contributed by atoms with E-state index in [1.807, 2.05) is 0 Å². The third kappa shape index (κ3) is 4.73. The first-order chi connectivity index (χ1) is 10.7. The van der Waals surface area contributed by atoms with E-state index in [-0.39, 0.29) is 11.5 Å². The van der Waals surface area contributed by atoms with E-state index in [9.17, 15) is 9.59 Å². The second kappa shape index (κ2) is 7.97. The lowest BCUT2D eigenvalue weighted by atomic mass is 10.2. The molecule has 0 saturated heterocycles. The van der Waals surface area contributed by atoms with Gasteiger partial charge in [0.1, 0.15) is 17.9 Å². The van der Waals surface area contributed by atoms with Crippen molar-refractivity contribution in [3.05, 3.63) is 52.6 Å². The van der Waals surface area contributed by atoms with E-state index in [0.29, 0.717) is 18.7 Å². The van der Waals surface area contributed by atoms with Crippen LogP contribution in [0.15, 0.2) is 41.3 Å². The number of nitrogen functional groups attached to an aromatic ring is 1. The molecule has 0 aliphatic carbocycles. The molecule has 2 rings (SSSR count). The number of rotatable bonds is 8. The Hall–Kier alpha value is -2.63. The van der Waals surface area contributed by atoms with Crippen molar-refractivity contribution in [3.8, 4) is 5.75 Å². The number of nitrogens with zero attached hydrogens (tertiary/aromatic N) is 2. The van der Waals surface area contributed by atoms with Crippen LogP contribution in [0.1, 0.15) is 29.6 Å². The maximum absolute atomic E-state index is 11.5. The minimum Gasteiger partial charge on any atom is -0.494 e. The Morgan fingerprint density at radius 3 is 2.59 bits per heavy atom. The Bertz CT molecular complexity index is 665. The molecule has 0 aliphatic heterocycles. The summed E-state index contributed by atoms with van der Waals surface area (Å²) in [5, 5.41) is 0. The molecule has 6 heteroatoms. The average molecular weight is 301 g/mol. The highest BCUT2D eigenvalue weighted by Crippen LogP contribution is 2.11. The van der Waals surface area contributed by atoms with Gasteiger partial charge in [-0.1, -0.05) is 0 Å². The summed E-state index contributed by atoms with van der Waals surface area (Å²) in [4.78, 5) is 25.7. The quantitative estimate of drug-likeness (QED) is 0.594. The fraction of sp³-hybridized carbons (Fsp3) is 0.312. The van der Waals surface area contributed by atoms with Crippen molar-refractivity contribution < 1.29 is 9.53 Å². The van der Waals surface area contributed by atoms with Gasteiger partial charge in [0.05, 0.1) is 6.61 Å². The first kappa shape index (κ1) is 15.8. The number of benzene rings is 1. The van der Waals surface area contributed by atoms with Crippen LogP contribution in [0.3, 0.4) is 0 Å². The van der Waals surface area contributed by atoms with Gasteiger partial charge in [0.2, 0.25) is 0 Å². The van der Waals surface area contributed by atoms with Crippen LogP contribution in [-0.2, 0) is 6.54 Å². The smallest absolute Gasteiger partial charge is 0.349 e. The van der Waals surface area contributed by atoms with E-state index in [1.54, 1.807) is 41.1 Å². The van der Waals surface area contributed by atoms with Gasteiger partial charge in [-0.05, 0) is 49.6 Å². The normalized spacial score (nSPS) is 10.4. The molecule has 0 spiro atoms. The van der Waals surface area contributed by atoms with Crippen LogP contribution in [0.25, 0.3) is 0 Å². The summed E-state index contributed by atoms with van der Waals surface area (Å²) in [5.74, 6) is 1.000. The zero-order valence-corrected chi connectivity index (χ0v) is 12.3. The summed E-state index contributed by atoms with van der Waals surface area (Å²) in [6.07, 6.45) is 5.18. The Morgan fingerprint density at radius 2 is 1.91 bits per heavy atom. The van der Waals surface area contributed by atoms with Gasteiger partial charge in [0, 0.05) is 18.3 Å². The number of unbranched alkanes of at least 4 members (excludes halogenated alkanes) is 2. The average Bonchev–Trinajstić information content (AvgIpc) is 2.53. The van der Waals surface area contributed by atoms with Gasteiger partial charge in [0.15, 0.2) is 0 Å². The number of hydrogen-bond acceptors (Lipinski definition) is 5. The van der Waals surface area contributed by atoms with Crippen LogP contribution in [-0.4, -0.2) is 22.4 Å². The molecule has 0 radical (unpaired) electrons. The highest BCUT2D eigenvalue weighted by molar-refractivity contribution is 5.74. The monoisotopic (exact) mass is 301 g/mol. The van der Waals surface area contributed by atoms with Crippen LogP contribution in [0.4, 0.5) is 5.82 Å². The van der Waals surface area contributed by atoms with E-state index in [0.717, 1.165) is 31.3 Å². The van der Waals surface area contributed by atoms with Crippen molar-refractivity contribution in [2.24, 2.45) is 0 Å². The van der Waals surface area contributed by atoms with Crippen LogP contribution >= 0.6 is 0 Å². The molecule has 2 N–H and O–H groups in total. The standard InChI is InChI=1S/C16H19N3O3/c17-15-8-10-19(16(21)18-15)9-2-1-3-11-22-14-6-4-13(12-20)5-7-14/h4-8,10,12H,1-3,9,11H2,(H2,17,18,21). The molecule has 1 heterocycles. The van der Waals surface area contributed by atoms with Crippen LogP contribution in [0.5, 0.6) is 5.75 Å². The zero-order chi connectivity index (χ0) is 15.8. The molecule has 0 saturated carbocycles. The van der Waals surface area contributed by atoms with E-state index in [2.05, 4.69) is 4.98 Å². The molecule has 22 heavy (non-hydrogen) atoms. The molecule has 6 nitrogen and oxygen atoms in total. The second-order valence-electron chi connectivity index (χ2n) is 4.92. The summed E-state index contributed by atoms with van der Waals surface area (Å²) in [6.45, 7) is 1.23. The summed E-state index contributed by atoms with van der Waals surface area (Å²) >= 11 is 0. The second-order valence-corrected chi connectivity index (χ2v) is 4.92. The highest BCUT2D eigenvalue weighted by Gasteiger charge is 1.99. The van der Waals surface area contributed by atoms with Gasteiger partial charge in [-0.3, -0.25) is 9.36 Å². The number of aryl methyl sites for hydroxylation is 1. The number of aromatic nitrogens is 2.